The van der Waals surface area contributed by atoms with Gasteiger partial charge in [-0.05, 0) is 54.9 Å². The van der Waals surface area contributed by atoms with Gasteiger partial charge in [0.1, 0.15) is 0 Å². The van der Waals surface area contributed by atoms with Crippen LogP contribution in [-0.2, 0) is 16.1 Å². The van der Waals surface area contributed by atoms with Gasteiger partial charge in [0.2, 0.25) is 5.91 Å². The molecule has 1 N–H and O–H groups in total. The van der Waals surface area contributed by atoms with Gasteiger partial charge in [-0.25, -0.2) is 0 Å². The van der Waals surface area contributed by atoms with Crippen molar-refractivity contribution >= 4 is 17.5 Å². The van der Waals surface area contributed by atoms with E-state index in [1.807, 2.05) is 12.1 Å². The summed E-state index contributed by atoms with van der Waals surface area (Å²) in [6.07, 6.45) is 4.84. The average molecular weight is 441 g/mol. The van der Waals surface area contributed by atoms with Crippen molar-refractivity contribution in [2.24, 2.45) is 5.92 Å². The highest BCUT2D eigenvalue weighted by Crippen LogP contribution is 2.45. The van der Waals surface area contributed by atoms with Crippen molar-refractivity contribution < 1.29 is 9.53 Å². The summed E-state index contributed by atoms with van der Waals surface area (Å²) in [5, 5.41) is 4.60. The Labute approximate surface area is 190 Å². The molecule has 1 aliphatic heterocycles. The van der Waals surface area contributed by atoms with Crippen LogP contribution in [0.4, 0.5) is 0 Å². The van der Waals surface area contributed by atoms with Crippen LogP contribution < -0.4 is 5.32 Å². The molecule has 0 aromatic heterocycles. The normalized spacial score (nSPS) is 26.0. The van der Waals surface area contributed by atoms with Crippen molar-refractivity contribution in [3.63, 3.8) is 0 Å². The number of likely N-dealkylation sites (tertiary alicyclic amines) is 1. The number of nitrogens with one attached hydrogen (secondary N) is 1. The minimum absolute atomic E-state index is 0.224. The SMILES string of the molecule is COCCCN1C(=O)C[C@H](c2ccc(Cl)cc2)[C@H]2[C@@H](NCc3ccccc3)CCC[C@H]21. The quantitative estimate of drug-likeness (QED) is 0.586. The lowest BCUT2D eigenvalue weighted by Crippen LogP contribution is -2.59. The van der Waals surface area contributed by atoms with Gasteiger partial charge in [-0.3, -0.25) is 4.79 Å². The van der Waals surface area contributed by atoms with E-state index in [2.05, 4.69) is 52.7 Å². The summed E-state index contributed by atoms with van der Waals surface area (Å²) in [7, 11) is 1.72. The number of carbonyl (C=O) groups is 1. The van der Waals surface area contributed by atoms with Crippen LogP contribution in [0.3, 0.4) is 0 Å². The highest BCUT2D eigenvalue weighted by molar-refractivity contribution is 6.30. The maximum atomic E-state index is 13.2. The zero-order chi connectivity index (χ0) is 21.6. The molecule has 31 heavy (non-hydrogen) atoms. The number of piperidine rings is 1. The van der Waals surface area contributed by atoms with Gasteiger partial charge in [0, 0.05) is 56.3 Å². The van der Waals surface area contributed by atoms with Crippen molar-refractivity contribution in [1.29, 1.82) is 0 Å². The van der Waals surface area contributed by atoms with Gasteiger partial charge < -0.3 is 15.0 Å². The highest BCUT2D eigenvalue weighted by atomic mass is 35.5. The molecule has 166 valence electrons. The summed E-state index contributed by atoms with van der Waals surface area (Å²) in [5.41, 5.74) is 2.54. The van der Waals surface area contributed by atoms with Crippen LogP contribution in [0.5, 0.6) is 0 Å². The lowest BCUT2D eigenvalue weighted by atomic mass is 9.66. The van der Waals surface area contributed by atoms with Gasteiger partial charge >= 0.3 is 0 Å². The van der Waals surface area contributed by atoms with Crippen LogP contribution in [0.25, 0.3) is 0 Å². The number of amides is 1. The smallest absolute Gasteiger partial charge is 0.223 e. The molecule has 2 aromatic rings. The molecular formula is C26H33ClN2O2. The Morgan fingerprint density at radius 1 is 1.10 bits per heavy atom. The molecule has 0 bridgehead atoms. The van der Waals surface area contributed by atoms with E-state index in [0.717, 1.165) is 43.8 Å². The molecule has 2 aliphatic rings. The Hall–Kier alpha value is -1.88. The van der Waals surface area contributed by atoms with Gasteiger partial charge in [-0.1, -0.05) is 54.1 Å². The number of benzene rings is 2. The van der Waals surface area contributed by atoms with E-state index in [1.54, 1.807) is 7.11 Å². The molecule has 0 unspecified atom stereocenters. The number of carbonyl (C=O) groups excluding carboxylic acids is 1. The first-order chi connectivity index (χ1) is 15.2. The van der Waals surface area contributed by atoms with Crippen LogP contribution in [0.15, 0.2) is 54.6 Å². The van der Waals surface area contributed by atoms with Gasteiger partial charge in [0.25, 0.3) is 0 Å². The minimum atomic E-state index is 0.224. The number of rotatable bonds is 8. The van der Waals surface area contributed by atoms with Gasteiger partial charge in [0.05, 0.1) is 0 Å². The molecule has 4 atom stereocenters. The third kappa shape index (κ3) is 5.31. The van der Waals surface area contributed by atoms with Crippen LogP contribution in [0.2, 0.25) is 5.02 Å². The maximum Gasteiger partial charge on any atom is 0.223 e. The summed E-state index contributed by atoms with van der Waals surface area (Å²) in [6.45, 7) is 2.34. The summed E-state index contributed by atoms with van der Waals surface area (Å²) in [4.78, 5) is 15.4. The zero-order valence-corrected chi connectivity index (χ0v) is 19.1. The molecule has 1 aliphatic carbocycles. The van der Waals surface area contributed by atoms with Crippen molar-refractivity contribution in [3.05, 3.63) is 70.7 Å². The fourth-order valence-electron chi connectivity index (χ4n) is 5.54. The van der Waals surface area contributed by atoms with E-state index < -0.39 is 0 Å². The van der Waals surface area contributed by atoms with Gasteiger partial charge in [-0.15, -0.1) is 0 Å². The Morgan fingerprint density at radius 3 is 2.61 bits per heavy atom. The predicted octanol–water partition coefficient (Wildman–Crippen LogP) is 5.02. The molecule has 0 radical (unpaired) electrons. The standard InChI is InChI=1S/C26H33ClN2O2/c1-31-16-6-15-29-24-10-5-9-23(28-18-19-7-3-2-4-8-19)26(24)22(17-25(29)30)20-11-13-21(27)14-12-20/h2-4,7-8,11-14,22-24,26,28H,5-6,9-10,15-18H2,1H3/t22-,23+,24-,26+/m1/s1. The van der Waals surface area contributed by atoms with Gasteiger partial charge in [0.15, 0.2) is 0 Å². The van der Waals surface area contributed by atoms with Crippen molar-refractivity contribution in [2.45, 2.75) is 56.7 Å². The first-order valence-electron chi connectivity index (χ1n) is 11.5. The monoisotopic (exact) mass is 440 g/mol. The Bertz CT molecular complexity index is 842. The summed E-state index contributed by atoms with van der Waals surface area (Å²) >= 11 is 6.16. The molecule has 1 heterocycles. The average Bonchev–Trinajstić information content (AvgIpc) is 2.80. The summed E-state index contributed by atoms with van der Waals surface area (Å²) < 4.78 is 5.25. The van der Waals surface area contributed by atoms with E-state index in [-0.39, 0.29) is 17.9 Å². The molecule has 0 spiro atoms. The molecule has 4 rings (SSSR count). The minimum Gasteiger partial charge on any atom is -0.385 e. The van der Waals surface area contributed by atoms with Crippen LogP contribution in [-0.4, -0.2) is 43.2 Å². The highest BCUT2D eigenvalue weighted by Gasteiger charge is 2.47. The van der Waals surface area contributed by atoms with Crippen molar-refractivity contribution in [1.82, 2.24) is 10.2 Å². The number of hydrogen-bond acceptors (Lipinski definition) is 3. The Balaban J connectivity index is 1.58. The van der Waals surface area contributed by atoms with E-state index in [1.165, 1.54) is 11.1 Å². The summed E-state index contributed by atoms with van der Waals surface area (Å²) in [6, 6.07) is 19.4. The number of methoxy groups -OCH3 is 1. The third-order valence-corrected chi connectivity index (χ3v) is 7.21. The topological polar surface area (TPSA) is 41.6 Å². The fourth-order valence-corrected chi connectivity index (χ4v) is 5.67. The molecule has 2 fully saturated rings. The number of nitrogens with zero attached hydrogens (tertiary/aromatic N) is 1. The van der Waals surface area contributed by atoms with Crippen LogP contribution in [0, 0.1) is 5.92 Å². The van der Waals surface area contributed by atoms with Crippen LogP contribution in [0.1, 0.15) is 49.1 Å². The van der Waals surface area contributed by atoms with E-state index >= 15 is 0 Å². The third-order valence-electron chi connectivity index (χ3n) is 6.96. The zero-order valence-electron chi connectivity index (χ0n) is 18.3. The summed E-state index contributed by atoms with van der Waals surface area (Å²) in [5.74, 6) is 0.905. The molecule has 2 aromatic carbocycles. The fraction of sp³-hybridized carbons (Fsp3) is 0.500. The molecular weight excluding hydrogens is 408 g/mol. The Kier molecular flexibility index (Phi) is 7.65. The van der Waals surface area contributed by atoms with E-state index in [4.69, 9.17) is 16.3 Å². The second-order valence-corrected chi connectivity index (χ2v) is 9.28. The lowest BCUT2D eigenvalue weighted by molar-refractivity contribution is -0.142. The molecule has 4 nitrogen and oxygen atoms in total. The molecule has 5 heteroatoms. The van der Waals surface area contributed by atoms with E-state index in [9.17, 15) is 4.79 Å². The van der Waals surface area contributed by atoms with Crippen LogP contribution >= 0.6 is 11.6 Å². The lowest BCUT2D eigenvalue weighted by Gasteiger charge is -2.51. The largest absolute Gasteiger partial charge is 0.385 e. The molecule has 1 amide bonds. The van der Waals surface area contributed by atoms with Crippen molar-refractivity contribution in [2.75, 3.05) is 20.3 Å². The maximum absolute atomic E-state index is 13.2. The number of hydrogen-bond donors (Lipinski definition) is 1. The number of ether oxygens (including phenoxy) is 1. The molecule has 1 saturated heterocycles. The predicted molar refractivity (Wildman–Crippen MR) is 125 cm³/mol. The first-order valence-corrected chi connectivity index (χ1v) is 11.9. The Morgan fingerprint density at radius 2 is 1.87 bits per heavy atom. The van der Waals surface area contributed by atoms with Crippen molar-refractivity contribution in [3.8, 4) is 0 Å². The van der Waals surface area contributed by atoms with Gasteiger partial charge in [-0.2, -0.15) is 0 Å². The number of fused-ring (bicyclic) bond motifs is 1. The van der Waals surface area contributed by atoms with E-state index in [0.29, 0.717) is 25.0 Å². The second-order valence-electron chi connectivity index (χ2n) is 8.84. The first kappa shape index (κ1) is 22.3. The molecule has 1 saturated carbocycles. The number of halogens is 1. The second kappa shape index (κ2) is 10.6.